The molecule has 0 spiro atoms. The molecule has 94 valence electrons. The highest BCUT2D eigenvalue weighted by atomic mass is 32.1. The summed E-state index contributed by atoms with van der Waals surface area (Å²) in [6.07, 6.45) is 0.406. The molecule has 0 N–H and O–H groups in total. The normalized spacial score (nSPS) is 10.6. The fourth-order valence-corrected chi connectivity index (χ4v) is 2.28. The van der Waals surface area contributed by atoms with Gasteiger partial charge in [0.2, 0.25) is 0 Å². The number of hydrogen-bond donors (Lipinski definition) is 0. The van der Waals surface area contributed by atoms with Crippen molar-refractivity contribution in [1.82, 2.24) is 9.59 Å². The molecule has 2 aromatic rings. The van der Waals surface area contributed by atoms with Crippen LogP contribution in [-0.4, -0.2) is 15.4 Å². The Labute approximate surface area is 107 Å². The summed E-state index contributed by atoms with van der Waals surface area (Å²) in [6, 6.07) is 3.80. The van der Waals surface area contributed by atoms with Crippen molar-refractivity contribution in [3.05, 3.63) is 46.0 Å². The maximum atomic E-state index is 13.4. The molecule has 0 amide bonds. The second-order valence-electron chi connectivity index (χ2n) is 3.72. The Bertz CT molecular complexity index is 583. The van der Waals surface area contributed by atoms with Gasteiger partial charge >= 0.3 is 0 Å². The van der Waals surface area contributed by atoms with Crippen LogP contribution in [-0.2, 0) is 12.8 Å². The minimum absolute atomic E-state index is 0.0513. The van der Waals surface area contributed by atoms with Crippen LogP contribution in [0.4, 0.5) is 8.78 Å². The zero-order valence-electron chi connectivity index (χ0n) is 9.61. The number of carbonyl (C=O) groups is 1. The van der Waals surface area contributed by atoms with Gasteiger partial charge in [-0.15, -0.1) is 5.10 Å². The lowest BCUT2D eigenvalue weighted by atomic mass is 10.1. The SMILES string of the molecule is CCc1nnsc1C(=O)Cc1cccc(F)c1F. The van der Waals surface area contributed by atoms with Crippen LogP contribution in [0.3, 0.4) is 0 Å². The van der Waals surface area contributed by atoms with E-state index in [9.17, 15) is 13.6 Å². The highest BCUT2D eigenvalue weighted by Gasteiger charge is 2.18. The van der Waals surface area contributed by atoms with E-state index in [-0.39, 0.29) is 17.8 Å². The smallest absolute Gasteiger partial charge is 0.180 e. The number of benzene rings is 1. The lowest BCUT2D eigenvalue weighted by molar-refractivity contribution is 0.0994. The molecule has 0 aliphatic heterocycles. The summed E-state index contributed by atoms with van der Waals surface area (Å²) >= 11 is 0.985. The van der Waals surface area contributed by atoms with E-state index in [2.05, 4.69) is 9.59 Å². The van der Waals surface area contributed by atoms with Gasteiger partial charge in [0.15, 0.2) is 17.4 Å². The zero-order chi connectivity index (χ0) is 13.1. The van der Waals surface area contributed by atoms with E-state index in [0.29, 0.717) is 17.0 Å². The van der Waals surface area contributed by atoms with Crippen LogP contribution in [0.5, 0.6) is 0 Å². The highest BCUT2D eigenvalue weighted by molar-refractivity contribution is 7.08. The van der Waals surface area contributed by atoms with Gasteiger partial charge in [-0.05, 0) is 29.6 Å². The number of ketones is 1. The van der Waals surface area contributed by atoms with Gasteiger partial charge in [0.05, 0.1) is 5.69 Å². The molecule has 0 unspecified atom stereocenters. The summed E-state index contributed by atoms with van der Waals surface area (Å²) in [5.74, 6) is -2.20. The van der Waals surface area contributed by atoms with Gasteiger partial charge in [-0.3, -0.25) is 4.79 Å². The van der Waals surface area contributed by atoms with E-state index < -0.39 is 11.6 Å². The Morgan fingerprint density at radius 3 is 2.89 bits per heavy atom. The minimum atomic E-state index is -0.971. The van der Waals surface area contributed by atoms with Crippen molar-refractivity contribution in [2.75, 3.05) is 0 Å². The van der Waals surface area contributed by atoms with Gasteiger partial charge in [-0.25, -0.2) is 8.78 Å². The predicted octanol–water partition coefficient (Wildman–Crippen LogP) is 2.80. The number of Topliss-reactive ketones (excluding diaryl/α,β-unsaturated/α-hetero) is 1. The van der Waals surface area contributed by atoms with E-state index in [1.165, 1.54) is 12.1 Å². The second-order valence-corrected chi connectivity index (χ2v) is 4.47. The third kappa shape index (κ3) is 2.43. The molecule has 0 fully saturated rings. The first-order valence-corrected chi connectivity index (χ1v) is 6.18. The summed E-state index contributed by atoms with van der Waals surface area (Å²) in [6.45, 7) is 1.86. The summed E-state index contributed by atoms with van der Waals surface area (Å²) in [5, 5.41) is 3.82. The van der Waals surface area contributed by atoms with Crippen molar-refractivity contribution in [3.8, 4) is 0 Å². The first kappa shape index (κ1) is 12.8. The number of rotatable bonds is 4. The number of aryl methyl sites for hydroxylation is 1. The lowest BCUT2D eigenvalue weighted by Crippen LogP contribution is -2.06. The molecule has 1 aromatic heterocycles. The van der Waals surface area contributed by atoms with Crippen LogP contribution in [0.2, 0.25) is 0 Å². The molecule has 2 rings (SSSR count). The predicted molar refractivity (Wildman–Crippen MR) is 63.7 cm³/mol. The largest absolute Gasteiger partial charge is 0.293 e. The average Bonchev–Trinajstić information content (AvgIpc) is 2.83. The first-order valence-electron chi connectivity index (χ1n) is 5.40. The van der Waals surface area contributed by atoms with Crippen LogP contribution in [0.25, 0.3) is 0 Å². The van der Waals surface area contributed by atoms with Gasteiger partial charge in [0, 0.05) is 6.42 Å². The summed E-state index contributed by atoms with van der Waals surface area (Å²) < 4.78 is 30.1. The minimum Gasteiger partial charge on any atom is -0.293 e. The molecular weight excluding hydrogens is 258 g/mol. The van der Waals surface area contributed by atoms with Crippen LogP contribution < -0.4 is 0 Å². The maximum absolute atomic E-state index is 13.4. The monoisotopic (exact) mass is 268 g/mol. The quantitative estimate of drug-likeness (QED) is 0.801. The lowest BCUT2D eigenvalue weighted by Gasteiger charge is -2.02. The molecule has 1 aromatic carbocycles. The van der Waals surface area contributed by atoms with Gasteiger partial charge in [-0.1, -0.05) is 23.5 Å². The third-order valence-electron chi connectivity index (χ3n) is 2.53. The fourth-order valence-electron chi connectivity index (χ4n) is 1.59. The molecular formula is C12H10F2N2OS. The number of aromatic nitrogens is 2. The molecule has 0 saturated heterocycles. The van der Waals surface area contributed by atoms with Gasteiger partial charge in [-0.2, -0.15) is 0 Å². The molecule has 3 nitrogen and oxygen atoms in total. The molecule has 1 heterocycles. The van der Waals surface area contributed by atoms with Crippen molar-refractivity contribution in [3.63, 3.8) is 0 Å². The standard InChI is InChI=1S/C12H10F2N2OS/c1-2-9-12(18-16-15-9)10(17)6-7-4-3-5-8(13)11(7)14/h3-5H,2,6H2,1H3. The van der Waals surface area contributed by atoms with Crippen LogP contribution in [0.1, 0.15) is 27.9 Å². The Morgan fingerprint density at radius 1 is 1.39 bits per heavy atom. The van der Waals surface area contributed by atoms with Crippen LogP contribution >= 0.6 is 11.5 Å². The molecule has 0 bridgehead atoms. The molecule has 6 heteroatoms. The van der Waals surface area contributed by atoms with E-state index in [1.54, 1.807) is 0 Å². The number of nitrogens with zero attached hydrogens (tertiary/aromatic N) is 2. The summed E-state index contributed by atoms with van der Waals surface area (Å²) in [5.41, 5.74) is 0.650. The van der Waals surface area contributed by atoms with E-state index >= 15 is 0 Å². The van der Waals surface area contributed by atoms with E-state index in [0.717, 1.165) is 17.6 Å². The first-order chi connectivity index (χ1) is 8.63. The molecule has 0 aliphatic carbocycles. The molecule has 0 saturated carbocycles. The van der Waals surface area contributed by atoms with Crippen LogP contribution in [0, 0.1) is 11.6 Å². The molecule has 0 radical (unpaired) electrons. The molecule has 0 aliphatic rings. The van der Waals surface area contributed by atoms with Crippen molar-refractivity contribution in [1.29, 1.82) is 0 Å². The second kappa shape index (κ2) is 5.30. The number of hydrogen-bond acceptors (Lipinski definition) is 4. The van der Waals surface area contributed by atoms with Crippen molar-refractivity contribution in [2.45, 2.75) is 19.8 Å². The van der Waals surface area contributed by atoms with Crippen molar-refractivity contribution in [2.24, 2.45) is 0 Å². The van der Waals surface area contributed by atoms with Crippen molar-refractivity contribution < 1.29 is 13.6 Å². The van der Waals surface area contributed by atoms with Gasteiger partial charge in [0.25, 0.3) is 0 Å². The Kier molecular flexibility index (Phi) is 3.76. The summed E-state index contributed by atoms with van der Waals surface area (Å²) in [7, 11) is 0. The zero-order valence-corrected chi connectivity index (χ0v) is 10.4. The van der Waals surface area contributed by atoms with E-state index in [1.807, 2.05) is 6.92 Å². The Morgan fingerprint density at radius 2 is 2.17 bits per heavy atom. The number of halogens is 2. The third-order valence-corrected chi connectivity index (χ3v) is 3.34. The van der Waals surface area contributed by atoms with Crippen molar-refractivity contribution >= 4 is 17.3 Å². The Hall–Kier alpha value is -1.69. The molecule has 0 atom stereocenters. The summed E-state index contributed by atoms with van der Waals surface area (Å²) in [4.78, 5) is 12.4. The Balaban J connectivity index is 2.24. The highest BCUT2D eigenvalue weighted by Crippen LogP contribution is 2.17. The molecule has 18 heavy (non-hydrogen) atoms. The maximum Gasteiger partial charge on any atom is 0.180 e. The van der Waals surface area contributed by atoms with Gasteiger partial charge in [0.1, 0.15) is 4.88 Å². The van der Waals surface area contributed by atoms with Gasteiger partial charge < -0.3 is 0 Å². The number of carbonyl (C=O) groups excluding carboxylic acids is 1. The van der Waals surface area contributed by atoms with E-state index in [4.69, 9.17) is 0 Å². The fraction of sp³-hybridized carbons (Fsp3) is 0.250. The topological polar surface area (TPSA) is 42.9 Å². The average molecular weight is 268 g/mol. The van der Waals surface area contributed by atoms with Crippen LogP contribution in [0.15, 0.2) is 18.2 Å².